The summed E-state index contributed by atoms with van der Waals surface area (Å²) in [5.74, 6) is 0. The van der Waals surface area contributed by atoms with Gasteiger partial charge in [0.2, 0.25) is 0 Å². The van der Waals surface area contributed by atoms with Crippen LogP contribution in [0, 0.1) is 0 Å². The molecule has 0 aliphatic carbocycles. The molecule has 9 rings (SSSR count). The Bertz CT molecular complexity index is 2690. The molecule has 0 saturated carbocycles. The number of furan rings is 1. The van der Waals surface area contributed by atoms with Crippen molar-refractivity contribution in [2.75, 3.05) is 0 Å². The molecule has 0 fully saturated rings. The standard InChI is InChI=1S/C42H26O/c1-2-11-27(12-3-1)28-21-23-30(24-22-28)39-32-15-6-8-17-34(32)40(35-18-9-7-16-33(35)39)36-19-10-20-38-41(36)37-26-25-29-13-4-5-14-31(29)42(37)43-38/h1-26H/i1D,2D,3D,11D,12D. The zero-order valence-corrected chi connectivity index (χ0v) is 23.0. The van der Waals surface area contributed by atoms with E-state index in [-0.39, 0.29) is 29.7 Å². The van der Waals surface area contributed by atoms with Crippen molar-refractivity contribution in [3.63, 3.8) is 0 Å². The first-order chi connectivity index (χ1) is 23.4. The highest BCUT2D eigenvalue weighted by atomic mass is 16.3. The summed E-state index contributed by atoms with van der Waals surface area (Å²) >= 11 is 0. The van der Waals surface area contributed by atoms with Gasteiger partial charge in [-0.3, -0.25) is 0 Å². The third-order valence-corrected chi connectivity index (χ3v) is 8.55. The lowest BCUT2D eigenvalue weighted by Crippen LogP contribution is -1.91. The molecule has 9 aromatic rings. The Kier molecular flexibility index (Phi) is 4.27. The first-order valence-corrected chi connectivity index (χ1v) is 14.4. The van der Waals surface area contributed by atoms with Gasteiger partial charge < -0.3 is 4.42 Å². The molecule has 200 valence electrons. The van der Waals surface area contributed by atoms with Crippen molar-refractivity contribution >= 4 is 54.3 Å². The predicted molar refractivity (Wildman–Crippen MR) is 183 cm³/mol. The number of benzene rings is 8. The topological polar surface area (TPSA) is 13.1 Å². The molecule has 1 nitrogen and oxygen atoms in total. The summed E-state index contributed by atoms with van der Waals surface area (Å²) in [4.78, 5) is 0. The molecule has 0 bridgehead atoms. The molecule has 43 heavy (non-hydrogen) atoms. The molecule has 0 aliphatic rings. The monoisotopic (exact) mass is 551 g/mol. The molecule has 0 unspecified atom stereocenters. The molecule has 1 heteroatoms. The minimum atomic E-state index is -0.393. The van der Waals surface area contributed by atoms with Crippen LogP contribution in [0.25, 0.3) is 87.6 Å². The Morgan fingerprint density at radius 1 is 0.419 bits per heavy atom. The Hall–Kier alpha value is -5.66. The summed E-state index contributed by atoms with van der Waals surface area (Å²) in [6.45, 7) is 0. The van der Waals surface area contributed by atoms with E-state index in [9.17, 15) is 0 Å². The molecule has 0 spiro atoms. The molecular formula is C42H26O. The molecule has 1 aromatic heterocycles. The van der Waals surface area contributed by atoms with Crippen LogP contribution in [0.2, 0.25) is 0 Å². The van der Waals surface area contributed by atoms with Crippen LogP contribution in [0.4, 0.5) is 0 Å². The lowest BCUT2D eigenvalue weighted by atomic mass is 9.84. The van der Waals surface area contributed by atoms with Gasteiger partial charge in [-0.15, -0.1) is 0 Å². The summed E-state index contributed by atoms with van der Waals surface area (Å²) in [6.07, 6.45) is 0. The van der Waals surface area contributed by atoms with Gasteiger partial charge in [0.25, 0.3) is 0 Å². The molecule has 0 amide bonds. The summed E-state index contributed by atoms with van der Waals surface area (Å²) in [5, 5.41) is 8.82. The largest absolute Gasteiger partial charge is 0.455 e. The molecule has 0 saturated heterocycles. The first-order valence-electron chi connectivity index (χ1n) is 16.9. The van der Waals surface area contributed by atoms with E-state index in [1.165, 1.54) is 0 Å². The Morgan fingerprint density at radius 2 is 1.02 bits per heavy atom. The molecule has 0 N–H and O–H groups in total. The zero-order valence-electron chi connectivity index (χ0n) is 28.0. The molecule has 8 aromatic carbocycles. The molecule has 1 heterocycles. The SMILES string of the molecule is [2H]c1c([2H])c([2H])c(-c2ccc(-c3c4ccccc4c(-c4cccc5oc6c7ccccc7ccc6c45)c4ccccc34)cc2)c([2H])c1[2H]. The second-order valence-corrected chi connectivity index (χ2v) is 10.9. The molecule has 0 atom stereocenters. The summed E-state index contributed by atoms with van der Waals surface area (Å²) in [6, 6.07) is 42.1. The Labute approximate surface area is 256 Å². The van der Waals surface area contributed by atoms with E-state index < -0.39 is 6.04 Å². The van der Waals surface area contributed by atoms with Gasteiger partial charge in [-0.05, 0) is 72.4 Å². The van der Waals surface area contributed by atoms with Crippen LogP contribution in [0.15, 0.2) is 162 Å². The lowest BCUT2D eigenvalue weighted by Gasteiger charge is -2.18. The second kappa shape index (κ2) is 9.44. The number of hydrogen-bond donors (Lipinski definition) is 0. The Balaban J connectivity index is 1.31. The fraction of sp³-hybridized carbons (Fsp3) is 0. The van der Waals surface area contributed by atoms with E-state index in [1.807, 2.05) is 42.5 Å². The highest BCUT2D eigenvalue weighted by Gasteiger charge is 2.20. The van der Waals surface area contributed by atoms with Gasteiger partial charge in [0, 0.05) is 16.2 Å². The van der Waals surface area contributed by atoms with Crippen molar-refractivity contribution in [1.29, 1.82) is 0 Å². The summed E-state index contributed by atoms with van der Waals surface area (Å²) < 4.78 is 47.8. The van der Waals surface area contributed by atoms with Gasteiger partial charge in [0.15, 0.2) is 0 Å². The quantitative estimate of drug-likeness (QED) is 0.199. The van der Waals surface area contributed by atoms with Gasteiger partial charge >= 0.3 is 0 Å². The molecular weight excluding hydrogens is 520 g/mol. The maximum Gasteiger partial charge on any atom is 0.143 e. The lowest BCUT2D eigenvalue weighted by molar-refractivity contribution is 0.673. The minimum absolute atomic E-state index is 0.200. The first kappa shape index (κ1) is 19.5. The third kappa shape index (κ3) is 3.65. The predicted octanol–water partition coefficient (Wildman–Crippen LogP) is 12.0. The van der Waals surface area contributed by atoms with Crippen molar-refractivity contribution < 1.29 is 11.3 Å². The van der Waals surface area contributed by atoms with Crippen molar-refractivity contribution in [1.82, 2.24) is 0 Å². The average Bonchev–Trinajstić information content (AvgIpc) is 3.52. The third-order valence-electron chi connectivity index (χ3n) is 8.55. The van der Waals surface area contributed by atoms with E-state index in [0.29, 0.717) is 5.56 Å². The number of fused-ring (bicyclic) bond motifs is 7. The minimum Gasteiger partial charge on any atom is -0.455 e. The van der Waals surface area contributed by atoms with Crippen molar-refractivity contribution in [2.24, 2.45) is 0 Å². The van der Waals surface area contributed by atoms with Gasteiger partial charge in [-0.2, -0.15) is 0 Å². The van der Waals surface area contributed by atoms with E-state index in [4.69, 9.17) is 11.3 Å². The van der Waals surface area contributed by atoms with Crippen LogP contribution in [0.1, 0.15) is 6.85 Å². The second-order valence-electron chi connectivity index (χ2n) is 10.9. The normalized spacial score (nSPS) is 13.3. The molecule has 0 radical (unpaired) electrons. The smallest absolute Gasteiger partial charge is 0.143 e. The Morgan fingerprint density at radius 3 is 1.72 bits per heavy atom. The van der Waals surface area contributed by atoms with Crippen LogP contribution < -0.4 is 0 Å². The fourth-order valence-electron chi connectivity index (χ4n) is 6.69. The zero-order chi connectivity index (χ0) is 32.7. The van der Waals surface area contributed by atoms with Gasteiger partial charge in [0.1, 0.15) is 11.2 Å². The van der Waals surface area contributed by atoms with Crippen molar-refractivity contribution in [2.45, 2.75) is 0 Å². The fourth-order valence-corrected chi connectivity index (χ4v) is 6.69. The van der Waals surface area contributed by atoms with Gasteiger partial charge in [-0.1, -0.05) is 145 Å². The highest BCUT2D eigenvalue weighted by molar-refractivity contribution is 6.27. The molecule has 0 aliphatic heterocycles. The van der Waals surface area contributed by atoms with Crippen LogP contribution in [-0.4, -0.2) is 0 Å². The van der Waals surface area contributed by atoms with Gasteiger partial charge in [-0.25, -0.2) is 0 Å². The summed E-state index contributed by atoms with van der Waals surface area (Å²) in [7, 11) is 0. The van der Waals surface area contributed by atoms with Crippen LogP contribution >= 0.6 is 0 Å². The van der Waals surface area contributed by atoms with E-state index in [2.05, 4.69) is 84.9 Å². The number of hydrogen-bond acceptors (Lipinski definition) is 1. The van der Waals surface area contributed by atoms with E-state index in [1.54, 1.807) is 0 Å². The van der Waals surface area contributed by atoms with E-state index >= 15 is 0 Å². The van der Waals surface area contributed by atoms with E-state index in [0.717, 1.165) is 76.5 Å². The number of rotatable bonds is 3. The van der Waals surface area contributed by atoms with Gasteiger partial charge in [0.05, 0.1) is 6.85 Å². The highest BCUT2D eigenvalue weighted by Crippen LogP contribution is 2.47. The van der Waals surface area contributed by atoms with Crippen LogP contribution in [0.5, 0.6) is 0 Å². The van der Waals surface area contributed by atoms with Crippen LogP contribution in [0.3, 0.4) is 0 Å². The maximum absolute atomic E-state index is 8.47. The average molecular weight is 552 g/mol. The van der Waals surface area contributed by atoms with Crippen LogP contribution in [-0.2, 0) is 0 Å². The van der Waals surface area contributed by atoms with Crippen molar-refractivity contribution in [3.8, 4) is 33.4 Å². The van der Waals surface area contributed by atoms with Crippen molar-refractivity contribution in [3.05, 3.63) is 158 Å². The maximum atomic E-state index is 8.47. The summed E-state index contributed by atoms with van der Waals surface area (Å²) in [5.41, 5.74) is 6.81.